The first-order valence-corrected chi connectivity index (χ1v) is 11.2. The molecule has 2 atom stereocenters. The molecule has 3 aromatic rings. The second kappa shape index (κ2) is 9.59. The largest absolute Gasteiger partial charge is 0.469 e. The van der Waals surface area contributed by atoms with Crippen molar-refractivity contribution in [2.45, 2.75) is 52.1 Å². The summed E-state index contributed by atoms with van der Waals surface area (Å²) in [5.74, 6) is -1.85. The summed E-state index contributed by atoms with van der Waals surface area (Å²) in [6.45, 7) is 5.04. The monoisotopic (exact) mass is 492 g/mol. The van der Waals surface area contributed by atoms with Gasteiger partial charge in [-0.15, -0.1) is 0 Å². The molecule has 0 radical (unpaired) electrons. The van der Waals surface area contributed by atoms with E-state index in [2.05, 4.69) is 20.4 Å². The van der Waals surface area contributed by atoms with Gasteiger partial charge in [-0.25, -0.2) is 23.1 Å². The number of hydrogen-bond donors (Lipinski definition) is 2. The zero-order chi connectivity index (χ0) is 25.3. The Morgan fingerprint density at radius 1 is 1.31 bits per heavy atom. The predicted molar refractivity (Wildman–Crippen MR) is 122 cm³/mol. The van der Waals surface area contributed by atoms with E-state index >= 15 is 4.39 Å². The first-order valence-electron chi connectivity index (χ1n) is 11.2. The Kier molecular flexibility index (Phi) is 6.73. The van der Waals surface area contributed by atoms with E-state index in [1.54, 1.807) is 28.9 Å². The van der Waals surface area contributed by atoms with E-state index in [-0.39, 0.29) is 11.6 Å². The van der Waals surface area contributed by atoms with E-state index in [0.29, 0.717) is 30.5 Å². The lowest BCUT2D eigenvalue weighted by molar-refractivity contribution is 0.0517. The van der Waals surface area contributed by atoms with Crippen molar-refractivity contribution < 1.29 is 27.8 Å². The van der Waals surface area contributed by atoms with Gasteiger partial charge in [-0.2, -0.15) is 14.5 Å². The van der Waals surface area contributed by atoms with Gasteiger partial charge in [0.05, 0.1) is 23.3 Å². The number of piperidine rings is 1. The summed E-state index contributed by atoms with van der Waals surface area (Å²) in [5.41, 5.74) is 0.617. The van der Waals surface area contributed by atoms with Gasteiger partial charge in [0.1, 0.15) is 0 Å². The van der Waals surface area contributed by atoms with Crippen molar-refractivity contribution in [1.29, 1.82) is 0 Å². The number of ether oxygens (including phenoxy) is 1. The number of rotatable bonds is 6. The molecule has 0 spiro atoms. The number of aromatic nitrogens is 4. The van der Waals surface area contributed by atoms with Crippen LogP contribution < -0.4 is 10.1 Å². The lowest BCUT2D eigenvalue weighted by Gasteiger charge is -2.47. The number of carboxylic acid groups (broad SMARTS) is 1. The third-order valence-corrected chi connectivity index (χ3v) is 5.92. The van der Waals surface area contributed by atoms with Crippen LogP contribution >= 0.6 is 0 Å². The highest BCUT2D eigenvalue weighted by Crippen LogP contribution is 2.35. The molecule has 1 fully saturated rings. The first kappa shape index (κ1) is 24.6. The van der Waals surface area contributed by atoms with Crippen molar-refractivity contribution in [3.63, 3.8) is 0 Å². The number of hydrogen-bond acceptors (Lipinski definition) is 6. The molecule has 188 valence electrons. The van der Waals surface area contributed by atoms with Gasteiger partial charge in [-0.05, 0) is 30.4 Å². The second-order valence-electron chi connectivity index (χ2n) is 9.49. The summed E-state index contributed by atoms with van der Waals surface area (Å²) < 4.78 is 47.6. The minimum absolute atomic E-state index is 0.0394. The molecule has 9 nitrogen and oxygen atoms in total. The normalized spacial score (nSPS) is 18.8. The van der Waals surface area contributed by atoms with Crippen LogP contribution in [-0.2, 0) is 0 Å². The average molecular weight is 493 g/mol. The van der Waals surface area contributed by atoms with Gasteiger partial charge < -0.3 is 20.1 Å². The average Bonchev–Trinajstić information content (AvgIpc) is 3.23. The maximum absolute atomic E-state index is 15.4. The maximum atomic E-state index is 15.4. The Bertz CT molecular complexity index is 1210. The predicted octanol–water partition coefficient (Wildman–Crippen LogP) is 4.54. The molecule has 0 bridgehead atoms. The number of carbonyl (C=O) groups is 1. The zero-order valence-corrected chi connectivity index (χ0v) is 19.6. The number of halogens is 3. The van der Waals surface area contributed by atoms with Gasteiger partial charge in [0.15, 0.2) is 18.2 Å². The fourth-order valence-corrected chi connectivity index (χ4v) is 4.60. The number of pyridine rings is 1. The smallest absolute Gasteiger partial charge is 0.407 e. The van der Waals surface area contributed by atoms with E-state index in [1.807, 2.05) is 20.8 Å². The third-order valence-electron chi connectivity index (χ3n) is 5.92. The van der Waals surface area contributed by atoms with E-state index in [1.165, 1.54) is 11.1 Å². The molecule has 35 heavy (non-hydrogen) atoms. The zero-order valence-electron chi connectivity index (χ0n) is 19.6. The summed E-state index contributed by atoms with van der Waals surface area (Å²) >= 11 is 0. The maximum Gasteiger partial charge on any atom is 0.407 e. The standard InChI is InChI=1S/C23H27F3N6O3/c1-23(2,3)18-14(7-6-9-31(18)22(33)34)28-20-17(26)21(35-12-16(24)25)30-19(29-20)13-11-27-32-10-5-4-8-15(13)32/h4-5,8,10-11,14,16,18H,6-7,9,12H2,1-3H3,(H,33,34)(H,28,29,30)/t14-,18?/m1/s1. The molecular weight excluding hydrogens is 465 g/mol. The van der Waals surface area contributed by atoms with Gasteiger partial charge in [0.2, 0.25) is 5.82 Å². The third kappa shape index (κ3) is 5.10. The Hall–Kier alpha value is -3.57. The van der Waals surface area contributed by atoms with Crippen molar-refractivity contribution in [1.82, 2.24) is 24.5 Å². The van der Waals surface area contributed by atoms with Gasteiger partial charge in [0.25, 0.3) is 12.3 Å². The minimum Gasteiger partial charge on any atom is -0.469 e. The lowest BCUT2D eigenvalue weighted by atomic mass is 9.77. The highest BCUT2D eigenvalue weighted by atomic mass is 19.3. The van der Waals surface area contributed by atoms with Gasteiger partial charge in [-0.1, -0.05) is 26.8 Å². The molecule has 4 heterocycles. The number of anilines is 1. The Morgan fingerprint density at radius 2 is 2.09 bits per heavy atom. The lowest BCUT2D eigenvalue weighted by Crippen LogP contribution is -2.58. The van der Waals surface area contributed by atoms with E-state index < -0.39 is 48.3 Å². The number of amides is 1. The van der Waals surface area contributed by atoms with Gasteiger partial charge >= 0.3 is 6.09 Å². The van der Waals surface area contributed by atoms with Crippen LogP contribution in [0.3, 0.4) is 0 Å². The summed E-state index contributed by atoms with van der Waals surface area (Å²) in [6, 6.07) is 4.36. The van der Waals surface area contributed by atoms with Crippen molar-refractivity contribution in [2.75, 3.05) is 18.5 Å². The van der Waals surface area contributed by atoms with Gasteiger partial charge in [-0.3, -0.25) is 0 Å². The highest BCUT2D eigenvalue weighted by molar-refractivity contribution is 5.76. The molecule has 1 amide bonds. The van der Waals surface area contributed by atoms with E-state index in [0.717, 1.165) is 0 Å². The van der Waals surface area contributed by atoms with Crippen LogP contribution in [0.1, 0.15) is 33.6 Å². The number of nitrogens with one attached hydrogen (secondary N) is 1. The van der Waals surface area contributed by atoms with Crippen molar-refractivity contribution in [3.05, 3.63) is 36.4 Å². The molecule has 1 unspecified atom stereocenters. The molecule has 0 aromatic carbocycles. The summed E-state index contributed by atoms with van der Waals surface area (Å²) in [4.78, 5) is 21.7. The van der Waals surface area contributed by atoms with Crippen LogP contribution in [0, 0.1) is 11.2 Å². The second-order valence-corrected chi connectivity index (χ2v) is 9.49. The van der Waals surface area contributed by atoms with E-state index in [9.17, 15) is 18.7 Å². The van der Waals surface area contributed by atoms with Crippen molar-refractivity contribution in [3.8, 4) is 17.3 Å². The first-order chi connectivity index (χ1) is 16.6. The number of fused-ring (bicyclic) bond motifs is 1. The van der Waals surface area contributed by atoms with Crippen LogP contribution in [0.25, 0.3) is 16.9 Å². The topological polar surface area (TPSA) is 105 Å². The number of alkyl halides is 2. The summed E-state index contributed by atoms with van der Waals surface area (Å²) in [7, 11) is 0. The fourth-order valence-electron chi connectivity index (χ4n) is 4.60. The quantitative estimate of drug-likeness (QED) is 0.520. The van der Waals surface area contributed by atoms with Crippen LogP contribution in [0.5, 0.6) is 5.88 Å². The van der Waals surface area contributed by atoms with Crippen LogP contribution in [0.15, 0.2) is 30.6 Å². The van der Waals surface area contributed by atoms with Gasteiger partial charge in [0, 0.05) is 18.8 Å². The highest BCUT2D eigenvalue weighted by Gasteiger charge is 2.42. The Morgan fingerprint density at radius 3 is 2.77 bits per heavy atom. The molecule has 12 heteroatoms. The summed E-state index contributed by atoms with van der Waals surface area (Å²) in [5, 5.41) is 17.0. The number of likely N-dealkylation sites (tertiary alicyclic amines) is 1. The van der Waals surface area contributed by atoms with E-state index in [4.69, 9.17) is 4.74 Å². The molecule has 2 N–H and O–H groups in total. The van der Waals surface area contributed by atoms with Crippen molar-refractivity contribution >= 4 is 17.4 Å². The van der Waals surface area contributed by atoms with Crippen LogP contribution in [0.4, 0.5) is 23.8 Å². The summed E-state index contributed by atoms with van der Waals surface area (Å²) in [6.07, 6.45) is 0.453. The molecular formula is C23H27F3N6O3. The molecule has 1 aliphatic heterocycles. The van der Waals surface area contributed by atoms with Crippen molar-refractivity contribution in [2.24, 2.45) is 5.41 Å². The number of nitrogens with zero attached hydrogens (tertiary/aromatic N) is 5. The molecule has 0 aliphatic carbocycles. The Labute approximate surface area is 199 Å². The molecule has 4 rings (SSSR count). The molecule has 3 aromatic heterocycles. The van der Waals surface area contributed by atoms with Crippen LogP contribution in [-0.4, -0.2) is 67.3 Å². The molecule has 1 saturated heterocycles. The minimum atomic E-state index is -2.83. The molecule has 0 saturated carbocycles. The SMILES string of the molecule is CC(C)(C)C1[C@H](Nc2nc(-c3cnn4ccccc34)nc(OCC(F)F)c2F)CCCN1C(=O)O. The Balaban J connectivity index is 1.77. The fraction of sp³-hybridized carbons (Fsp3) is 0.478. The van der Waals surface area contributed by atoms with Crippen LogP contribution in [0.2, 0.25) is 0 Å². The molecule has 1 aliphatic rings.